The van der Waals surface area contributed by atoms with Crippen LogP contribution in [-0.4, -0.2) is 89.1 Å². The summed E-state index contributed by atoms with van der Waals surface area (Å²) in [5.74, 6) is -2.77. The number of anilines is 1. The molecule has 0 aromatic carbocycles. The molecule has 19 heteroatoms. The van der Waals surface area contributed by atoms with Crippen LogP contribution in [0.5, 0.6) is 0 Å². The van der Waals surface area contributed by atoms with Gasteiger partial charge in [-0.15, -0.1) is 7.94 Å². The molecule has 0 bridgehead atoms. The molecule has 2 aliphatic rings. The largest absolute Gasteiger partial charge is 0.685 e. The van der Waals surface area contributed by atoms with Gasteiger partial charge in [-0.2, -0.15) is 4.98 Å². The molecule has 0 radical (unpaired) electrons. The zero-order chi connectivity index (χ0) is 26.3. The monoisotopic (exact) mass is 543 g/mol. The molecule has 1 aliphatic heterocycles. The van der Waals surface area contributed by atoms with Gasteiger partial charge in [-0.1, -0.05) is 0 Å². The summed E-state index contributed by atoms with van der Waals surface area (Å²) in [5.41, 5.74) is 3.85. The van der Waals surface area contributed by atoms with Gasteiger partial charge in [-0.25, -0.2) is 13.9 Å². The third-order valence-electron chi connectivity index (χ3n) is 5.28. The molecular formula is C16H23N3O14P2-2. The highest BCUT2D eigenvalue weighted by molar-refractivity contribution is 7.56. The first-order valence-corrected chi connectivity index (χ1v) is 13.0. The maximum absolute atomic E-state index is 12.4. The zero-order valence-electron chi connectivity index (χ0n) is 17.6. The van der Waals surface area contributed by atoms with Crippen LogP contribution in [-0.2, 0) is 18.3 Å². The summed E-state index contributed by atoms with van der Waals surface area (Å²) < 4.78 is 27.6. The molecular weight excluding hydrogens is 520 g/mol. The minimum Gasteiger partial charge on any atom is -0.685 e. The lowest BCUT2D eigenvalue weighted by atomic mass is 9.92. The second-order valence-corrected chi connectivity index (χ2v) is 10.8. The topological polar surface area (TPSA) is 296 Å². The van der Waals surface area contributed by atoms with Crippen LogP contribution in [0.3, 0.4) is 0 Å². The van der Waals surface area contributed by atoms with Crippen LogP contribution < -0.4 is 26.1 Å². The molecule has 0 spiro atoms. The number of hydrogen-bond donors (Lipinski definition) is 7. The van der Waals surface area contributed by atoms with Crippen molar-refractivity contribution in [2.45, 2.75) is 55.1 Å². The summed E-state index contributed by atoms with van der Waals surface area (Å²) in [6.07, 6.45) is -10.5. The first-order valence-electron chi connectivity index (χ1n) is 9.89. The van der Waals surface area contributed by atoms with Crippen molar-refractivity contribution >= 4 is 21.6 Å². The molecule has 2 heterocycles. The Labute approximate surface area is 197 Å². The number of nitrogens with zero attached hydrogens (tertiary/aromatic N) is 2. The van der Waals surface area contributed by atoms with E-state index in [0.29, 0.717) is 6.08 Å². The number of aromatic nitrogens is 2. The number of phosphoric acid groups is 1. The normalized spacial score (nSPS) is 34.3. The highest BCUT2D eigenvalue weighted by Crippen LogP contribution is 2.55. The molecule has 1 aromatic heterocycles. The Morgan fingerprint density at radius 1 is 1.23 bits per heavy atom. The minimum absolute atomic E-state index is 0.122. The van der Waals surface area contributed by atoms with E-state index >= 15 is 0 Å². The molecule has 1 aliphatic carbocycles. The van der Waals surface area contributed by atoms with Gasteiger partial charge in [-0.05, 0) is 17.7 Å². The summed E-state index contributed by atoms with van der Waals surface area (Å²) in [7, 11) is -11.2. The van der Waals surface area contributed by atoms with Crippen LogP contribution in [0.1, 0.15) is 12.6 Å². The second-order valence-electron chi connectivity index (χ2n) is 7.84. The highest BCUT2D eigenvalue weighted by Gasteiger charge is 2.46. The Balaban J connectivity index is 1.71. The Bertz CT molecular complexity index is 1050. The second kappa shape index (κ2) is 10.5. The molecule has 35 heavy (non-hydrogen) atoms. The van der Waals surface area contributed by atoms with Crippen LogP contribution in [0.2, 0.25) is 0 Å². The van der Waals surface area contributed by atoms with Gasteiger partial charge in [0, 0.05) is 12.6 Å². The van der Waals surface area contributed by atoms with E-state index in [2.05, 4.69) is 14.0 Å². The SMILES string of the molecule is Nc1ccn([C@@H]2O[C@H](COP(=O)(O)O[C@H](C3=C[C@@H](O)[C@H](O)[C@H](O)C3)[P+]([O-])([O-])[O-])[C@@H](O)[C@H]2O)c(=O)n1. The van der Waals surface area contributed by atoms with Crippen LogP contribution >= 0.6 is 15.8 Å². The average molecular weight is 543 g/mol. The molecule has 198 valence electrons. The maximum Gasteiger partial charge on any atom is 0.475 e. The summed E-state index contributed by atoms with van der Waals surface area (Å²) in [5, 5.41) is 49.3. The zero-order valence-corrected chi connectivity index (χ0v) is 19.4. The fourth-order valence-corrected chi connectivity index (χ4v) is 5.73. The Morgan fingerprint density at radius 2 is 1.89 bits per heavy atom. The van der Waals surface area contributed by atoms with E-state index in [4.69, 9.17) is 10.5 Å². The number of rotatable bonds is 8. The molecule has 1 fully saturated rings. The quantitative estimate of drug-likeness (QED) is 0.119. The van der Waals surface area contributed by atoms with Gasteiger partial charge in [0.1, 0.15) is 36.3 Å². The first kappa shape index (κ1) is 28.2. The number of nitrogens with two attached hydrogens (primary N) is 1. The van der Waals surface area contributed by atoms with Crippen LogP contribution in [0.4, 0.5) is 5.82 Å². The van der Waals surface area contributed by atoms with E-state index in [-0.39, 0.29) is 5.82 Å². The van der Waals surface area contributed by atoms with Crippen LogP contribution in [0, 0.1) is 0 Å². The molecule has 1 saturated heterocycles. The number of phosphoric ester groups is 1. The van der Waals surface area contributed by atoms with Crippen molar-refractivity contribution in [3.05, 3.63) is 34.4 Å². The molecule has 3 rings (SSSR count). The number of ether oxygens (including phenoxy) is 1. The Kier molecular flexibility index (Phi) is 8.48. The number of aliphatic hydroxyl groups is 5. The summed E-state index contributed by atoms with van der Waals surface area (Å²) in [6, 6.07) is 1.21. The average Bonchev–Trinajstić information content (AvgIpc) is 3.02. The molecule has 9 atom stereocenters. The maximum atomic E-state index is 12.4. The smallest absolute Gasteiger partial charge is 0.475 e. The molecule has 17 nitrogen and oxygen atoms in total. The van der Waals surface area contributed by atoms with E-state index in [0.717, 1.165) is 10.8 Å². The van der Waals surface area contributed by atoms with Crippen molar-refractivity contribution in [3.8, 4) is 0 Å². The number of aliphatic hydroxyl groups excluding tert-OH is 5. The van der Waals surface area contributed by atoms with Gasteiger partial charge in [0.05, 0.1) is 12.7 Å². The lowest BCUT2D eigenvalue weighted by molar-refractivity contribution is -0.434. The molecule has 0 amide bonds. The highest BCUT2D eigenvalue weighted by atomic mass is 31.2. The van der Waals surface area contributed by atoms with Crippen LogP contribution in [0.15, 0.2) is 28.7 Å². The van der Waals surface area contributed by atoms with Gasteiger partial charge in [-0.3, -0.25) is 9.09 Å². The molecule has 1 unspecified atom stereocenters. The van der Waals surface area contributed by atoms with Gasteiger partial charge in [0.15, 0.2) is 12.1 Å². The van der Waals surface area contributed by atoms with E-state index in [1.54, 1.807) is 0 Å². The summed E-state index contributed by atoms with van der Waals surface area (Å²) in [4.78, 5) is 60.3. The van der Waals surface area contributed by atoms with Crippen molar-refractivity contribution in [1.82, 2.24) is 9.55 Å². The van der Waals surface area contributed by atoms with Crippen molar-refractivity contribution in [1.29, 1.82) is 0 Å². The van der Waals surface area contributed by atoms with E-state index < -0.39 is 88.8 Å². The third kappa shape index (κ3) is 6.49. The van der Waals surface area contributed by atoms with Gasteiger partial charge in [0.25, 0.3) is 0 Å². The van der Waals surface area contributed by atoms with Gasteiger partial charge >= 0.3 is 13.5 Å². The van der Waals surface area contributed by atoms with E-state index in [1.807, 2.05) is 0 Å². The van der Waals surface area contributed by atoms with Gasteiger partial charge < -0.3 is 55.6 Å². The predicted molar refractivity (Wildman–Crippen MR) is 107 cm³/mol. The minimum atomic E-state index is -5.83. The standard InChI is InChI=1S/C16H25N3O14P2/c17-10-1-2-19(16(25)18-10)14-13(24)12(23)9(32-14)5-31-35(29,30)33-15(34(26,27)28)6-3-7(20)11(22)8(21)4-6/h1-3,7-9,11-15,20-24H,4-5H2,(H,29,30)(H2,17,18,25)(H2,26,27,28)/p-2/t7-,8-,9-,11+,12-,13-,14-,15+/m1/s1. The molecule has 1 aromatic rings. The van der Waals surface area contributed by atoms with Crippen molar-refractivity contribution in [2.24, 2.45) is 0 Å². The van der Waals surface area contributed by atoms with E-state index in [1.165, 1.54) is 6.07 Å². The fraction of sp³-hybridized carbons (Fsp3) is 0.625. The molecule has 0 saturated carbocycles. The third-order valence-corrected chi connectivity index (χ3v) is 7.41. The summed E-state index contributed by atoms with van der Waals surface area (Å²) in [6.45, 7) is -0.975. The first-order chi connectivity index (χ1) is 16.1. The lowest BCUT2D eigenvalue weighted by Gasteiger charge is -2.49. The van der Waals surface area contributed by atoms with Crippen molar-refractivity contribution in [3.63, 3.8) is 0 Å². The van der Waals surface area contributed by atoms with Crippen molar-refractivity contribution in [2.75, 3.05) is 12.3 Å². The lowest BCUT2D eigenvalue weighted by Crippen LogP contribution is -2.47. The Hall–Kier alpha value is -1.40. The van der Waals surface area contributed by atoms with Crippen LogP contribution in [0.25, 0.3) is 0 Å². The number of hydrogen-bond acceptors (Lipinski definition) is 15. The van der Waals surface area contributed by atoms with Gasteiger partial charge in [0.2, 0.25) is 0 Å². The van der Waals surface area contributed by atoms with Crippen molar-refractivity contribution < 1.29 is 63.5 Å². The summed E-state index contributed by atoms with van der Waals surface area (Å²) >= 11 is 0. The Morgan fingerprint density at radius 3 is 2.46 bits per heavy atom. The fourth-order valence-electron chi connectivity index (χ4n) is 3.53. The predicted octanol–water partition coefficient (Wildman–Crippen LogP) is -5.84. The number of nitrogen functional groups attached to an aromatic ring is 1. The molecule has 8 N–H and O–H groups in total. The van der Waals surface area contributed by atoms with E-state index in [9.17, 15) is 54.5 Å².